The molecule has 36 heavy (non-hydrogen) atoms. The molecule has 3 aliphatic heterocycles. The van der Waals surface area contributed by atoms with Crippen molar-refractivity contribution in [3.63, 3.8) is 0 Å². The Kier molecular flexibility index (Phi) is 6.57. The van der Waals surface area contributed by atoms with Gasteiger partial charge >= 0.3 is 5.97 Å². The van der Waals surface area contributed by atoms with Crippen molar-refractivity contribution < 1.29 is 29.3 Å². The highest BCUT2D eigenvalue weighted by Crippen LogP contribution is 2.58. The number of likely N-dealkylation sites (tertiary alicyclic amines) is 1. The van der Waals surface area contributed by atoms with E-state index in [-0.39, 0.29) is 25.0 Å². The molecule has 1 spiro atoms. The van der Waals surface area contributed by atoms with E-state index in [2.05, 4.69) is 6.58 Å². The van der Waals surface area contributed by atoms with Gasteiger partial charge in [0.15, 0.2) is 0 Å². The van der Waals surface area contributed by atoms with Gasteiger partial charge in [-0.2, -0.15) is 0 Å². The van der Waals surface area contributed by atoms with Crippen LogP contribution in [0.2, 0.25) is 0 Å². The van der Waals surface area contributed by atoms with Crippen LogP contribution in [0.25, 0.3) is 10.8 Å². The molecule has 2 N–H and O–H groups in total. The lowest BCUT2D eigenvalue weighted by Gasteiger charge is -2.36. The molecule has 2 amide bonds. The molecule has 0 aliphatic carbocycles. The summed E-state index contributed by atoms with van der Waals surface area (Å²) >= 11 is 0. The normalized spacial score (nSPS) is 28.5. The molecule has 0 saturated carbocycles. The van der Waals surface area contributed by atoms with Gasteiger partial charge in [-0.1, -0.05) is 36.4 Å². The quantitative estimate of drug-likeness (QED) is 0.390. The number of unbranched alkanes of at least 4 members (excludes halogenated alkanes) is 2. The molecule has 5 rings (SSSR count). The number of fused-ring (bicyclic) bond motifs is 2. The summed E-state index contributed by atoms with van der Waals surface area (Å²) in [4.78, 5) is 43.4. The van der Waals surface area contributed by atoms with E-state index in [0.717, 1.165) is 10.8 Å². The predicted octanol–water partition coefficient (Wildman–Crippen LogP) is 2.98. The third kappa shape index (κ3) is 3.79. The van der Waals surface area contributed by atoms with Crippen molar-refractivity contribution in [1.29, 1.82) is 0 Å². The van der Waals surface area contributed by atoms with Crippen molar-refractivity contribution in [2.45, 2.75) is 49.9 Å². The molecule has 2 unspecified atom stereocenters. The van der Waals surface area contributed by atoms with Gasteiger partial charge in [0.1, 0.15) is 11.6 Å². The van der Waals surface area contributed by atoms with Crippen molar-refractivity contribution in [3.8, 4) is 0 Å². The summed E-state index contributed by atoms with van der Waals surface area (Å²) in [5.74, 6) is -3.47. The Hall–Kier alpha value is -3.23. The molecule has 0 aromatic heterocycles. The zero-order chi connectivity index (χ0) is 25.4. The number of carbonyl (C=O) groups excluding carboxylic acids is 2. The lowest BCUT2D eigenvalue weighted by molar-refractivity contribution is -0.149. The monoisotopic (exact) mass is 492 g/mol. The molecule has 3 saturated heterocycles. The summed E-state index contributed by atoms with van der Waals surface area (Å²) in [5, 5.41) is 21.1. The first kappa shape index (κ1) is 24.5. The Balaban J connectivity index is 1.54. The van der Waals surface area contributed by atoms with Crippen LogP contribution in [0.15, 0.2) is 55.1 Å². The number of ether oxygens (including phenoxy) is 1. The SMILES string of the molecule is C=CCN(C(=O)C1N(CCCCCO)C(=O)[C@@H]2[C@@H](C(=O)O)[C@H]3CCC12O3)c1ccc2ccccc2c1. The predicted molar refractivity (Wildman–Crippen MR) is 134 cm³/mol. The first-order chi connectivity index (χ1) is 17.4. The minimum atomic E-state index is -1.14. The van der Waals surface area contributed by atoms with Crippen LogP contribution in [0.4, 0.5) is 5.69 Å². The number of carboxylic acids is 1. The molecule has 3 heterocycles. The molecule has 8 nitrogen and oxygen atoms in total. The third-order valence-corrected chi connectivity index (χ3v) is 8.00. The van der Waals surface area contributed by atoms with Gasteiger partial charge in [0.25, 0.3) is 5.91 Å². The molecule has 8 heteroatoms. The van der Waals surface area contributed by atoms with E-state index >= 15 is 0 Å². The Labute approximate surface area is 210 Å². The maximum atomic E-state index is 14.3. The molecule has 3 fully saturated rings. The van der Waals surface area contributed by atoms with Crippen molar-refractivity contribution in [1.82, 2.24) is 4.90 Å². The van der Waals surface area contributed by atoms with Crippen LogP contribution < -0.4 is 4.90 Å². The number of aliphatic carboxylic acids is 1. The highest BCUT2D eigenvalue weighted by molar-refractivity contribution is 6.05. The van der Waals surface area contributed by atoms with E-state index in [1.54, 1.807) is 15.9 Å². The summed E-state index contributed by atoms with van der Waals surface area (Å²) in [6.45, 7) is 4.46. The van der Waals surface area contributed by atoms with Crippen LogP contribution in [0, 0.1) is 11.8 Å². The summed E-state index contributed by atoms with van der Waals surface area (Å²) in [7, 11) is 0. The summed E-state index contributed by atoms with van der Waals surface area (Å²) in [5.41, 5.74) is -0.455. The number of rotatable bonds is 10. The second kappa shape index (κ2) is 9.67. The minimum absolute atomic E-state index is 0.0593. The number of amides is 2. The molecule has 0 radical (unpaired) electrons. The Bertz CT molecular complexity index is 1200. The third-order valence-electron chi connectivity index (χ3n) is 8.00. The van der Waals surface area contributed by atoms with Crippen molar-refractivity contribution in [2.24, 2.45) is 11.8 Å². The van der Waals surface area contributed by atoms with E-state index in [1.807, 2.05) is 42.5 Å². The topological polar surface area (TPSA) is 107 Å². The minimum Gasteiger partial charge on any atom is -0.481 e. The fourth-order valence-electron chi connectivity index (χ4n) is 6.47. The van der Waals surface area contributed by atoms with E-state index in [1.165, 1.54) is 0 Å². The van der Waals surface area contributed by atoms with Gasteiger partial charge in [-0.3, -0.25) is 14.4 Å². The Morgan fingerprint density at radius 2 is 1.94 bits per heavy atom. The van der Waals surface area contributed by atoms with Crippen molar-refractivity contribution in [3.05, 3.63) is 55.1 Å². The van der Waals surface area contributed by atoms with Crippen molar-refractivity contribution >= 4 is 34.2 Å². The highest BCUT2D eigenvalue weighted by Gasteiger charge is 2.74. The second-order valence-corrected chi connectivity index (χ2v) is 9.98. The van der Waals surface area contributed by atoms with Gasteiger partial charge in [0, 0.05) is 25.4 Å². The second-order valence-electron chi connectivity index (χ2n) is 9.98. The molecular weight excluding hydrogens is 460 g/mol. The zero-order valence-electron chi connectivity index (χ0n) is 20.2. The number of benzene rings is 2. The molecule has 3 aliphatic rings. The number of hydrogen-bond acceptors (Lipinski definition) is 5. The molecule has 2 aromatic carbocycles. The van der Waals surface area contributed by atoms with Crippen LogP contribution in [0.5, 0.6) is 0 Å². The molecule has 190 valence electrons. The molecule has 2 aromatic rings. The lowest BCUT2D eigenvalue weighted by Crippen LogP contribution is -2.56. The number of aliphatic hydroxyl groups excluding tert-OH is 1. The highest BCUT2D eigenvalue weighted by atomic mass is 16.5. The summed E-state index contributed by atoms with van der Waals surface area (Å²) < 4.78 is 6.30. The summed E-state index contributed by atoms with van der Waals surface area (Å²) in [6, 6.07) is 12.8. The van der Waals surface area contributed by atoms with E-state index < -0.39 is 35.6 Å². The lowest BCUT2D eigenvalue weighted by atomic mass is 9.70. The molecular formula is C28H32N2O6. The number of hydrogen-bond donors (Lipinski definition) is 2. The van der Waals surface area contributed by atoms with Gasteiger partial charge in [-0.25, -0.2) is 0 Å². The van der Waals surface area contributed by atoms with Crippen LogP contribution in [-0.4, -0.2) is 70.3 Å². The van der Waals surface area contributed by atoms with Gasteiger partial charge in [0.2, 0.25) is 5.91 Å². The average Bonchev–Trinajstić information content (AvgIpc) is 3.52. The van der Waals surface area contributed by atoms with Crippen LogP contribution >= 0.6 is 0 Å². The zero-order valence-corrected chi connectivity index (χ0v) is 20.2. The van der Waals surface area contributed by atoms with Gasteiger partial charge < -0.3 is 24.7 Å². The number of aliphatic hydroxyl groups is 1. The number of carboxylic acid groups (broad SMARTS) is 1. The fourth-order valence-corrected chi connectivity index (χ4v) is 6.47. The standard InChI is InChI=1S/C28H32N2O6/c1-2-14-29(20-11-10-18-8-4-5-9-19(18)17-20)26(33)24-28-13-12-21(36-28)22(27(34)35)23(28)25(32)30(24)15-6-3-7-16-31/h2,4-5,8-11,17,21-24,31H,1,3,6-7,12-16H2,(H,34,35)/t21-,22+,23+,24?,28?/m1/s1. The number of anilines is 1. The van der Waals surface area contributed by atoms with Gasteiger partial charge in [-0.05, 0) is 55.0 Å². The maximum Gasteiger partial charge on any atom is 0.310 e. The number of nitrogens with zero attached hydrogens (tertiary/aromatic N) is 2. The van der Waals surface area contributed by atoms with Crippen LogP contribution in [0.3, 0.4) is 0 Å². The Morgan fingerprint density at radius 3 is 2.67 bits per heavy atom. The number of carbonyl (C=O) groups is 3. The van der Waals surface area contributed by atoms with Crippen molar-refractivity contribution in [2.75, 3.05) is 24.6 Å². The van der Waals surface area contributed by atoms with E-state index in [4.69, 9.17) is 9.84 Å². The summed E-state index contributed by atoms with van der Waals surface area (Å²) in [6.07, 6.45) is 3.99. The first-order valence-corrected chi connectivity index (χ1v) is 12.7. The average molecular weight is 493 g/mol. The van der Waals surface area contributed by atoms with Gasteiger partial charge in [-0.15, -0.1) is 6.58 Å². The van der Waals surface area contributed by atoms with Gasteiger partial charge in [0.05, 0.1) is 17.9 Å². The van der Waals surface area contributed by atoms with Crippen LogP contribution in [-0.2, 0) is 19.1 Å². The van der Waals surface area contributed by atoms with E-state index in [9.17, 15) is 19.5 Å². The largest absolute Gasteiger partial charge is 0.481 e. The maximum absolute atomic E-state index is 14.3. The van der Waals surface area contributed by atoms with E-state index in [0.29, 0.717) is 44.3 Å². The Morgan fingerprint density at radius 1 is 1.17 bits per heavy atom. The van der Waals surface area contributed by atoms with Crippen LogP contribution in [0.1, 0.15) is 32.1 Å². The molecule has 5 atom stereocenters. The smallest absolute Gasteiger partial charge is 0.310 e. The fraction of sp³-hybridized carbons (Fsp3) is 0.464. The first-order valence-electron chi connectivity index (χ1n) is 12.7. The molecule has 2 bridgehead atoms.